The number of fused-ring (bicyclic) bond motifs is 8. The Labute approximate surface area is 516 Å². The summed E-state index contributed by atoms with van der Waals surface area (Å²) in [5, 5.41) is 4.71. The first kappa shape index (κ1) is 54.3. The minimum absolute atomic E-state index is 0.0194. The Morgan fingerprint density at radius 2 is 0.920 bits per heavy atom. The highest BCUT2D eigenvalue weighted by atomic mass is 32.1. The van der Waals surface area contributed by atoms with E-state index < -0.39 is 0 Å². The summed E-state index contributed by atoms with van der Waals surface area (Å²) in [6.45, 7) is 22.8. The van der Waals surface area contributed by atoms with Crippen LogP contribution in [0.25, 0.3) is 64.7 Å². The molecule has 424 valence electrons. The molecule has 11 aromatic carbocycles. The van der Waals surface area contributed by atoms with Gasteiger partial charge in [-0.2, -0.15) is 0 Å². The fraction of sp³-hybridized carbons (Fsp3) is 0.160. The summed E-state index contributed by atoms with van der Waals surface area (Å²) in [5.41, 5.74) is 23.3. The summed E-state index contributed by atoms with van der Waals surface area (Å²) in [6.07, 6.45) is 0. The van der Waals surface area contributed by atoms with Gasteiger partial charge in [0.1, 0.15) is 11.5 Å². The molecular formula is C81H70BN3OS. The maximum Gasteiger partial charge on any atom is 0.252 e. The second-order valence-electron chi connectivity index (χ2n) is 27.0. The first-order chi connectivity index (χ1) is 42.0. The molecule has 0 atom stereocenters. The number of aryl methyl sites for hydroxylation is 1. The van der Waals surface area contributed by atoms with Crippen LogP contribution in [0.5, 0.6) is 0 Å². The molecule has 0 saturated heterocycles. The van der Waals surface area contributed by atoms with E-state index in [1.54, 1.807) is 0 Å². The largest absolute Gasteiger partial charge is 0.455 e. The van der Waals surface area contributed by atoms with Crippen molar-refractivity contribution in [2.45, 2.75) is 85.5 Å². The molecule has 0 N–H and O–H groups in total. The lowest BCUT2D eigenvalue weighted by atomic mass is 9.33. The molecule has 13 aromatic rings. The van der Waals surface area contributed by atoms with Crippen LogP contribution in [0.4, 0.5) is 51.2 Å². The summed E-state index contributed by atoms with van der Waals surface area (Å²) < 4.78 is 9.79. The Hall–Kier alpha value is -9.36. The zero-order valence-electron chi connectivity index (χ0n) is 51.3. The lowest BCUT2D eigenvalue weighted by molar-refractivity contribution is 0.590. The molecule has 87 heavy (non-hydrogen) atoms. The maximum absolute atomic E-state index is 7.25. The van der Waals surface area contributed by atoms with Gasteiger partial charge in [-0.1, -0.05) is 226 Å². The third-order valence-corrected chi connectivity index (χ3v) is 19.4. The van der Waals surface area contributed by atoms with Crippen molar-refractivity contribution in [2.24, 2.45) is 0 Å². The van der Waals surface area contributed by atoms with Crippen molar-refractivity contribution in [1.29, 1.82) is 0 Å². The Kier molecular flexibility index (Phi) is 12.7. The van der Waals surface area contributed by atoms with Crippen LogP contribution in [0.1, 0.15) is 84.6 Å². The average Bonchev–Trinajstić information content (AvgIpc) is 1.46. The number of nitrogens with zero attached hydrogens (tertiary/aromatic N) is 3. The van der Waals surface area contributed by atoms with Gasteiger partial charge in [-0.15, -0.1) is 11.3 Å². The molecule has 4 nitrogen and oxygen atoms in total. The van der Waals surface area contributed by atoms with Gasteiger partial charge in [-0.25, -0.2) is 0 Å². The zero-order valence-corrected chi connectivity index (χ0v) is 52.1. The van der Waals surface area contributed by atoms with Crippen LogP contribution in [-0.2, 0) is 16.2 Å². The number of hydrogen-bond donors (Lipinski definition) is 0. The minimum Gasteiger partial charge on any atom is -0.455 e. The minimum atomic E-state index is -0.175. The summed E-state index contributed by atoms with van der Waals surface area (Å²) in [5.74, 6) is 1.73. The smallest absolute Gasteiger partial charge is 0.252 e. The number of benzene rings is 11. The molecule has 0 aliphatic carbocycles. The Morgan fingerprint density at radius 1 is 0.391 bits per heavy atom. The highest BCUT2D eigenvalue weighted by Crippen LogP contribution is 2.52. The standard InChI is InChI=1S/C81H70BN3OS/c1-51-45-72-75-73(46-51)85(69-31-22-30-62-61-29-20-21-32-74(61)87-78(62)69)70-48-60(83(58-38-33-55(34-39-58)79(2,3)4)68-44-37-57(81(8,9)10)47-63(68)52-23-14-11-15-24-52)42-43-66(70)82(75)67-49-64-65(50-71(67)84(72)59-40-35-56(36-41-59)80(5,6)7)77(54-27-18-13-19-28-54)86-76(64)53-25-16-12-17-26-53/h11-50H,1-10H3. The second-order valence-corrected chi connectivity index (χ2v) is 28.1. The third kappa shape index (κ3) is 9.18. The number of thiophene rings is 1. The van der Waals surface area contributed by atoms with E-state index in [2.05, 4.69) is 327 Å². The van der Waals surface area contributed by atoms with Crippen molar-refractivity contribution in [3.63, 3.8) is 0 Å². The molecule has 2 aliphatic heterocycles. The van der Waals surface area contributed by atoms with Gasteiger partial charge in [-0.3, -0.25) is 0 Å². The Morgan fingerprint density at radius 3 is 1.55 bits per heavy atom. The predicted molar refractivity (Wildman–Crippen MR) is 375 cm³/mol. The molecule has 2 aliphatic rings. The molecule has 0 radical (unpaired) electrons. The first-order valence-corrected chi connectivity index (χ1v) is 31.5. The summed E-state index contributed by atoms with van der Waals surface area (Å²) in [7, 11) is 0. The molecule has 4 heterocycles. The SMILES string of the molecule is Cc1cc2c3c(c1)N(c1cccc4c1sc1ccccc14)c1cc(N(c4ccc(C(C)(C)C)cc4)c4ccc(C(C)(C)C)cc4-c4ccccc4)ccc1B3c1cc3c(-c4ccccc4)oc(-c4ccccc4)c3cc1N2c1ccc(C(C)(C)C)cc1. The van der Waals surface area contributed by atoms with E-state index in [1.165, 1.54) is 81.3 Å². The summed E-state index contributed by atoms with van der Waals surface area (Å²) >= 11 is 1.89. The molecule has 0 fully saturated rings. The van der Waals surface area contributed by atoms with Crippen molar-refractivity contribution >= 4 is 117 Å². The van der Waals surface area contributed by atoms with E-state index in [-0.39, 0.29) is 23.0 Å². The highest BCUT2D eigenvalue weighted by molar-refractivity contribution is 7.26. The predicted octanol–water partition coefficient (Wildman–Crippen LogP) is 21.6. The van der Waals surface area contributed by atoms with Crippen molar-refractivity contribution in [1.82, 2.24) is 0 Å². The van der Waals surface area contributed by atoms with E-state index in [0.29, 0.717) is 0 Å². The van der Waals surface area contributed by atoms with Crippen molar-refractivity contribution in [3.8, 4) is 33.8 Å². The molecule has 0 spiro atoms. The molecule has 6 heteroatoms. The average molecular weight is 1140 g/mol. The summed E-state index contributed by atoms with van der Waals surface area (Å²) in [4.78, 5) is 7.70. The lowest BCUT2D eigenvalue weighted by Crippen LogP contribution is -2.61. The van der Waals surface area contributed by atoms with Crippen LogP contribution < -0.4 is 31.1 Å². The molecule has 15 rings (SSSR count). The van der Waals surface area contributed by atoms with Crippen LogP contribution in [0.2, 0.25) is 0 Å². The quantitative estimate of drug-likeness (QED) is 0.141. The fourth-order valence-electron chi connectivity index (χ4n) is 13.6. The Bertz CT molecular complexity index is 4810. The van der Waals surface area contributed by atoms with Gasteiger partial charge in [-0.05, 0) is 146 Å². The zero-order chi connectivity index (χ0) is 59.7. The summed E-state index contributed by atoms with van der Waals surface area (Å²) in [6, 6.07) is 91.1. The van der Waals surface area contributed by atoms with E-state index in [1.807, 2.05) is 11.3 Å². The van der Waals surface area contributed by atoms with Crippen LogP contribution in [0.3, 0.4) is 0 Å². The van der Waals surface area contributed by atoms with Gasteiger partial charge in [0.2, 0.25) is 0 Å². The van der Waals surface area contributed by atoms with Crippen LogP contribution >= 0.6 is 11.3 Å². The van der Waals surface area contributed by atoms with Crippen molar-refractivity contribution in [3.05, 3.63) is 265 Å². The topological polar surface area (TPSA) is 22.9 Å². The van der Waals surface area contributed by atoms with Crippen LogP contribution in [-0.4, -0.2) is 6.71 Å². The Balaban J connectivity index is 1.06. The van der Waals surface area contributed by atoms with Gasteiger partial charge in [0.25, 0.3) is 6.71 Å². The second kappa shape index (κ2) is 20.4. The number of hydrogen-bond acceptors (Lipinski definition) is 5. The normalized spacial score (nSPS) is 13.1. The van der Waals surface area contributed by atoms with Crippen molar-refractivity contribution in [2.75, 3.05) is 14.7 Å². The van der Waals surface area contributed by atoms with Crippen LogP contribution in [0, 0.1) is 6.92 Å². The van der Waals surface area contributed by atoms with Gasteiger partial charge in [0.15, 0.2) is 0 Å². The first-order valence-electron chi connectivity index (χ1n) is 30.7. The van der Waals surface area contributed by atoms with E-state index >= 15 is 0 Å². The number of rotatable bonds is 8. The molecular weight excluding hydrogens is 1070 g/mol. The number of anilines is 9. The van der Waals surface area contributed by atoms with E-state index in [0.717, 1.165) is 73.2 Å². The molecule has 0 unspecified atom stereocenters. The maximum atomic E-state index is 7.25. The third-order valence-electron chi connectivity index (χ3n) is 18.2. The highest BCUT2D eigenvalue weighted by Gasteiger charge is 2.45. The monoisotopic (exact) mass is 1140 g/mol. The number of furan rings is 1. The molecule has 0 saturated carbocycles. The van der Waals surface area contributed by atoms with Crippen molar-refractivity contribution < 1.29 is 4.42 Å². The van der Waals surface area contributed by atoms with E-state index in [9.17, 15) is 0 Å². The van der Waals surface area contributed by atoms with Gasteiger partial charge >= 0.3 is 0 Å². The lowest BCUT2D eigenvalue weighted by Gasteiger charge is -2.45. The fourth-order valence-corrected chi connectivity index (χ4v) is 14.8. The van der Waals surface area contributed by atoms with Gasteiger partial charge in [0, 0.05) is 82.7 Å². The van der Waals surface area contributed by atoms with Gasteiger partial charge in [0.05, 0.1) is 16.1 Å². The van der Waals surface area contributed by atoms with E-state index in [4.69, 9.17) is 4.42 Å². The molecule has 0 amide bonds. The molecule has 0 bridgehead atoms. The molecule has 2 aromatic heterocycles. The van der Waals surface area contributed by atoms with Crippen LogP contribution in [0.15, 0.2) is 247 Å². The van der Waals surface area contributed by atoms with Gasteiger partial charge < -0.3 is 19.1 Å².